The van der Waals surface area contributed by atoms with Crippen LogP contribution >= 0.6 is 0 Å². The lowest BCUT2D eigenvalue weighted by Crippen LogP contribution is -2.30. The lowest BCUT2D eigenvalue weighted by atomic mass is 10.1. The number of aromatic nitrogens is 2. The molecule has 0 amide bonds. The van der Waals surface area contributed by atoms with Crippen LogP contribution in [0.2, 0.25) is 0 Å². The van der Waals surface area contributed by atoms with E-state index in [-0.39, 0.29) is 4.90 Å². The summed E-state index contributed by atoms with van der Waals surface area (Å²) in [5.41, 5.74) is 2.32. The molecule has 0 spiro atoms. The molecular formula is C22H24N4O4S. The zero-order valence-corrected chi connectivity index (χ0v) is 18.2. The van der Waals surface area contributed by atoms with E-state index in [0.29, 0.717) is 43.6 Å². The maximum Gasteiger partial charge on any atom is 0.243 e. The van der Waals surface area contributed by atoms with Gasteiger partial charge in [0.2, 0.25) is 10.0 Å². The average Bonchev–Trinajstić information content (AvgIpc) is 2.80. The smallest absolute Gasteiger partial charge is 0.243 e. The first-order valence-corrected chi connectivity index (χ1v) is 11.6. The van der Waals surface area contributed by atoms with Crippen molar-refractivity contribution in [1.82, 2.24) is 14.5 Å². The van der Waals surface area contributed by atoms with Crippen molar-refractivity contribution in [2.45, 2.75) is 18.7 Å². The number of anilines is 2. The Kier molecular flexibility index (Phi) is 6.06. The van der Waals surface area contributed by atoms with E-state index in [2.05, 4.69) is 15.5 Å². The van der Waals surface area contributed by atoms with Gasteiger partial charge in [0.05, 0.1) is 10.6 Å². The van der Waals surface area contributed by atoms with E-state index in [9.17, 15) is 8.42 Å². The SMILES string of the molecule is CCN(CC)S(=O)(=O)c1ccc(Nc2ccc(-c3ccc4c(c3)OCCO4)nn2)cc1. The Balaban J connectivity index is 1.47. The summed E-state index contributed by atoms with van der Waals surface area (Å²) in [5.74, 6) is 1.99. The van der Waals surface area contributed by atoms with Crippen LogP contribution in [-0.4, -0.2) is 49.2 Å². The number of hydrogen-bond acceptors (Lipinski definition) is 7. The second-order valence-corrected chi connectivity index (χ2v) is 8.84. The molecule has 0 aliphatic carbocycles. The number of fused-ring (bicyclic) bond motifs is 1. The van der Waals surface area contributed by atoms with Gasteiger partial charge in [-0.3, -0.25) is 0 Å². The van der Waals surface area contributed by atoms with Gasteiger partial charge in [-0.2, -0.15) is 4.31 Å². The fourth-order valence-corrected chi connectivity index (χ4v) is 4.78. The van der Waals surface area contributed by atoms with Crippen LogP contribution in [0.3, 0.4) is 0 Å². The van der Waals surface area contributed by atoms with Gasteiger partial charge in [-0.05, 0) is 54.6 Å². The zero-order chi connectivity index (χ0) is 21.8. The van der Waals surface area contributed by atoms with Crippen molar-refractivity contribution in [3.05, 3.63) is 54.6 Å². The summed E-state index contributed by atoms with van der Waals surface area (Å²) in [5, 5.41) is 11.7. The summed E-state index contributed by atoms with van der Waals surface area (Å²) in [7, 11) is -3.48. The molecule has 162 valence electrons. The lowest BCUT2D eigenvalue weighted by Gasteiger charge is -2.18. The first kappa shape index (κ1) is 21.1. The number of rotatable bonds is 7. The van der Waals surface area contributed by atoms with Crippen LogP contribution in [-0.2, 0) is 10.0 Å². The fourth-order valence-electron chi connectivity index (χ4n) is 3.33. The van der Waals surface area contributed by atoms with Crippen molar-refractivity contribution in [2.24, 2.45) is 0 Å². The van der Waals surface area contributed by atoms with Crippen molar-refractivity contribution in [2.75, 3.05) is 31.6 Å². The van der Waals surface area contributed by atoms with Gasteiger partial charge in [0.15, 0.2) is 17.3 Å². The van der Waals surface area contributed by atoms with E-state index in [1.54, 1.807) is 24.3 Å². The van der Waals surface area contributed by atoms with Crippen molar-refractivity contribution < 1.29 is 17.9 Å². The van der Waals surface area contributed by atoms with E-state index >= 15 is 0 Å². The van der Waals surface area contributed by atoms with Crippen LogP contribution in [0.25, 0.3) is 11.3 Å². The number of hydrogen-bond donors (Lipinski definition) is 1. The molecule has 8 nitrogen and oxygen atoms in total. The van der Waals surface area contributed by atoms with Gasteiger partial charge in [0.25, 0.3) is 0 Å². The Labute approximate surface area is 181 Å². The monoisotopic (exact) mass is 440 g/mol. The maximum absolute atomic E-state index is 12.6. The number of benzene rings is 2. The highest BCUT2D eigenvalue weighted by atomic mass is 32.2. The number of nitrogens with zero attached hydrogens (tertiary/aromatic N) is 3. The van der Waals surface area contributed by atoms with Gasteiger partial charge in [-0.1, -0.05) is 13.8 Å². The minimum atomic E-state index is -3.48. The Morgan fingerprint density at radius 1 is 0.903 bits per heavy atom. The minimum absolute atomic E-state index is 0.266. The predicted octanol–water partition coefficient (Wildman–Crippen LogP) is 3.69. The number of ether oxygens (including phenoxy) is 2. The quantitative estimate of drug-likeness (QED) is 0.599. The van der Waals surface area contributed by atoms with Crippen molar-refractivity contribution in [3.63, 3.8) is 0 Å². The molecule has 0 radical (unpaired) electrons. The maximum atomic E-state index is 12.6. The summed E-state index contributed by atoms with van der Waals surface area (Å²) in [6.45, 7) is 5.59. The van der Waals surface area contributed by atoms with Crippen molar-refractivity contribution >= 4 is 21.5 Å². The Morgan fingerprint density at radius 2 is 1.61 bits per heavy atom. The zero-order valence-electron chi connectivity index (χ0n) is 17.4. The highest BCUT2D eigenvalue weighted by Crippen LogP contribution is 2.34. The topological polar surface area (TPSA) is 93.7 Å². The summed E-state index contributed by atoms with van der Waals surface area (Å²) >= 11 is 0. The van der Waals surface area contributed by atoms with Gasteiger partial charge in [-0.15, -0.1) is 10.2 Å². The first-order valence-electron chi connectivity index (χ1n) is 10.1. The molecule has 1 N–H and O–H groups in total. The minimum Gasteiger partial charge on any atom is -0.486 e. The standard InChI is InChI=1S/C22H24N4O4S/c1-3-26(4-2)31(27,28)18-8-6-17(7-9-18)23-22-12-10-19(24-25-22)16-5-11-20-21(15-16)30-14-13-29-20/h5-12,15H,3-4,13-14H2,1-2H3,(H,23,25). The third-order valence-electron chi connectivity index (χ3n) is 4.97. The molecular weight excluding hydrogens is 416 g/mol. The van der Waals surface area contributed by atoms with Gasteiger partial charge in [0.1, 0.15) is 13.2 Å². The van der Waals surface area contributed by atoms with Crippen LogP contribution in [0, 0.1) is 0 Å². The highest BCUT2D eigenvalue weighted by Gasteiger charge is 2.21. The second-order valence-electron chi connectivity index (χ2n) is 6.90. The summed E-state index contributed by atoms with van der Waals surface area (Å²) < 4.78 is 37.8. The molecule has 0 atom stereocenters. The van der Waals surface area contributed by atoms with E-state index in [4.69, 9.17) is 9.47 Å². The summed E-state index contributed by atoms with van der Waals surface area (Å²) in [4.78, 5) is 0.266. The second kappa shape index (κ2) is 8.91. The Morgan fingerprint density at radius 3 is 2.26 bits per heavy atom. The lowest BCUT2D eigenvalue weighted by molar-refractivity contribution is 0.171. The largest absolute Gasteiger partial charge is 0.486 e. The average molecular weight is 441 g/mol. The van der Waals surface area contributed by atoms with Crippen molar-refractivity contribution in [3.8, 4) is 22.8 Å². The molecule has 4 rings (SSSR count). The number of sulfonamides is 1. The molecule has 0 bridgehead atoms. The predicted molar refractivity (Wildman–Crippen MR) is 118 cm³/mol. The van der Waals surface area contributed by atoms with E-state index in [1.165, 1.54) is 4.31 Å². The highest BCUT2D eigenvalue weighted by molar-refractivity contribution is 7.89. The van der Waals surface area contributed by atoms with Crippen LogP contribution in [0.15, 0.2) is 59.5 Å². The molecule has 9 heteroatoms. The van der Waals surface area contributed by atoms with Gasteiger partial charge >= 0.3 is 0 Å². The molecule has 2 heterocycles. The third-order valence-corrected chi connectivity index (χ3v) is 7.04. The third kappa shape index (κ3) is 4.47. The normalized spacial score (nSPS) is 13.3. The van der Waals surface area contributed by atoms with Crippen LogP contribution in [0.5, 0.6) is 11.5 Å². The van der Waals surface area contributed by atoms with Crippen molar-refractivity contribution in [1.29, 1.82) is 0 Å². The molecule has 1 aliphatic heterocycles. The molecule has 0 saturated carbocycles. The van der Waals surface area contributed by atoms with Gasteiger partial charge in [0, 0.05) is 24.3 Å². The fraction of sp³-hybridized carbons (Fsp3) is 0.273. The van der Waals surface area contributed by atoms with Gasteiger partial charge in [-0.25, -0.2) is 8.42 Å². The molecule has 31 heavy (non-hydrogen) atoms. The summed E-state index contributed by atoms with van der Waals surface area (Å²) in [6.07, 6.45) is 0. The van der Waals surface area contributed by atoms with Crippen LogP contribution in [0.4, 0.5) is 11.5 Å². The first-order chi connectivity index (χ1) is 15.0. The molecule has 3 aromatic rings. The van der Waals surface area contributed by atoms with E-state index < -0.39 is 10.0 Å². The molecule has 1 aromatic heterocycles. The molecule has 0 saturated heterocycles. The Hall–Kier alpha value is -3.17. The van der Waals surface area contributed by atoms with E-state index in [1.807, 2.05) is 44.2 Å². The molecule has 2 aromatic carbocycles. The number of nitrogens with one attached hydrogen (secondary N) is 1. The Bertz CT molecular complexity index is 1150. The van der Waals surface area contributed by atoms with E-state index in [0.717, 1.165) is 17.0 Å². The van der Waals surface area contributed by atoms with Crippen LogP contribution < -0.4 is 14.8 Å². The molecule has 1 aliphatic rings. The molecule has 0 fully saturated rings. The molecule has 0 unspecified atom stereocenters. The van der Waals surface area contributed by atoms with Crippen LogP contribution in [0.1, 0.15) is 13.8 Å². The summed E-state index contributed by atoms with van der Waals surface area (Å²) in [6, 6.07) is 16.0. The van der Waals surface area contributed by atoms with Gasteiger partial charge < -0.3 is 14.8 Å².